The number of benzene rings is 1. The highest BCUT2D eigenvalue weighted by Gasteiger charge is 2.07. The van der Waals surface area contributed by atoms with Crippen LogP contribution < -0.4 is 10.5 Å². The number of primary amides is 1. The Morgan fingerprint density at radius 3 is 3.00 bits per heavy atom. The number of hydrogen-bond acceptors (Lipinski definition) is 3. The van der Waals surface area contributed by atoms with E-state index in [1.807, 2.05) is 18.2 Å². The summed E-state index contributed by atoms with van der Waals surface area (Å²) in [7, 11) is 0. The number of aromatic nitrogens is 2. The van der Waals surface area contributed by atoms with Crippen LogP contribution in [0.4, 0.5) is 4.79 Å². The van der Waals surface area contributed by atoms with Crippen molar-refractivity contribution < 1.29 is 9.53 Å². The quantitative estimate of drug-likeness (QED) is 0.682. The average molecular weight is 177 g/mol. The number of rotatable bonds is 1. The number of amides is 1. The van der Waals surface area contributed by atoms with Gasteiger partial charge in [-0.2, -0.15) is 0 Å². The number of nitrogens with one attached hydrogen (secondary N) is 1. The van der Waals surface area contributed by atoms with Crippen LogP contribution in [-0.2, 0) is 0 Å². The maximum absolute atomic E-state index is 10.5. The van der Waals surface area contributed by atoms with Crippen LogP contribution in [0.25, 0.3) is 10.9 Å². The smallest absolute Gasteiger partial charge is 0.389 e. The second kappa shape index (κ2) is 2.78. The molecule has 1 amide bonds. The molecule has 0 aliphatic rings. The molecule has 1 aromatic carbocycles. The summed E-state index contributed by atoms with van der Waals surface area (Å²) in [5, 5.41) is 7.24. The van der Waals surface area contributed by atoms with Crippen molar-refractivity contribution in [1.29, 1.82) is 0 Å². The zero-order valence-electron chi connectivity index (χ0n) is 6.65. The van der Waals surface area contributed by atoms with Crippen molar-refractivity contribution in [3.63, 3.8) is 0 Å². The van der Waals surface area contributed by atoms with Crippen molar-refractivity contribution in [2.75, 3.05) is 0 Å². The molecule has 1 aromatic heterocycles. The SMILES string of the molecule is NC(=O)Oc1n[nH]c2ccccc12. The second-order valence-electron chi connectivity index (χ2n) is 2.50. The lowest BCUT2D eigenvalue weighted by molar-refractivity contribution is 0.209. The van der Waals surface area contributed by atoms with Gasteiger partial charge in [0, 0.05) is 0 Å². The van der Waals surface area contributed by atoms with Gasteiger partial charge in [-0.25, -0.2) is 4.79 Å². The van der Waals surface area contributed by atoms with Crippen LogP contribution in [0.2, 0.25) is 0 Å². The molecule has 0 unspecified atom stereocenters. The van der Waals surface area contributed by atoms with Crippen molar-refractivity contribution in [3.8, 4) is 5.88 Å². The monoisotopic (exact) mass is 177 g/mol. The third-order valence-corrected chi connectivity index (χ3v) is 1.63. The molecule has 0 saturated heterocycles. The van der Waals surface area contributed by atoms with Crippen LogP contribution in [0.5, 0.6) is 5.88 Å². The Morgan fingerprint density at radius 2 is 2.23 bits per heavy atom. The van der Waals surface area contributed by atoms with Crippen LogP contribution in [0.15, 0.2) is 24.3 Å². The van der Waals surface area contributed by atoms with Gasteiger partial charge in [-0.15, -0.1) is 5.10 Å². The standard InChI is InChI=1S/C8H7N3O2/c9-8(12)13-7-5-3-1-2-4-6(5)10-11-7/h1-4H,(H2,9,12)(H,10,11). The van der Waals surface area contributed by atoms with Gasteiger partial charge in [0.25, 0.3) is 5.88 Å². The van der Waals surface area contributed by atoms with E-state index in [-0.39, 0.29) is 5.88 Å². The van der Waals surface area contributed by atoms with E-state index >= 15 is 0 Å². The normalized spacial score (nSPS) is 10.2. The summed E-state index contributed by atoms with van der Waals surface area (Å²) in [6.45, 7) is 0. The Bertz CT molecular complexity index is 449. The summed E-state index contributed by atoms with van der Waals surface area (Å²) < 4.78 is 4.66. The zero-order valence-corrected chi connectivity index (χ0v) is 6.65. The molecule has 66 valence electrons. The van der Waals surface area contributed by atoms with Crippen molar-refractivity contribution >= 4 is 17.0 Å². The predicted octanol–water partition coefficient (Wildman–Crippen LogP) is 1.02. The van der Waals surface area contributed by atoms with Crippen molar-refractivity contribution in [2.24, 2.45) is 5.73 Å². The summed E-state index contributed by atoms with van der Waals surface area (Å²) in [5.41, 5.74) is 5.66. The number of nitrogens with zero attached hydrogens (tertiary/aromatic N) is 1. The predicted molar refractivity (Wildman–Crippen MR) is 46.3 cm³/mol. The Labute approximate surface area is 73.5 Å². The molecule has 3 N–H and O–H groups in total. The maximum Gasteiger partial charge on any atom is 0.411 e. The maximum atomic E-state index is 10.5. The van der Waals surface area contributed by atoms with Gasteiger partial charge in [0.2, 0.25) is 0 Å². The number of nitrogens with two attached hydrogens (primary N) is 1. The van der Waals surface area contributed by atoms with Gasteiger partial charge in [0.05, 0.1) is 10.9 Å². The van der Waals surface area contributed by atoms with E-state index in [2.05, 4.69) is 14.9 Å². The van der Waals surface area contributed by atoms with Gasteiger partial charge in [0.15, 0.2) is 0 Å². The van der Waals surface area contributed by atoms with E-state index < -0.39 is 6.09 Å². The first-order valence-corrected chi connectivity index (χ1v) is 3.68. The lowest BCUT2D eigenvalue weighted by atomic mass is 10.2. The molecule has 0 atom stereocenters. The first kappa shape index (κ1) is 7.60. The van der Waals surface area contributed by atoms with Gasteiger partial charge in [-0.3, -0.25) is 5.10 Å². The molecule has 0 radical (unpaired) electrons. The molecule has 5 nitrogen and oxygen atoms in total. The minimum absolute atomic E-state index is 0.211. The van der Waals surface area contributed by atoms with E-state index in [0.717, 1.165) is 10.9 Å². The average Bonchev–Trinajstić information content (AvgIpc) is 2.48. The molecule has 0 aliphatic carbocycles. The van der Waals surface area contributed by atoms with Crippen LogP contribution in [0.3, 0.4) is 0 Å². The van der Waals surface area contributed by atoms with Gasteiger partial charge in [0.1, 0.15) is 0 Å². The zero-order chi connectivity index (χ0) is 9.26. The Kier molecular flexibility index (Phi) is 1.63. The first-order valence-electron chi connectivity index (χ1n) is 3.68. The molecular formula is C8H7N3O2. The van der Waals surface area contributed by atoms with E-state index in [1.54, 1.807) is 6.07 Å². The highest BCUT2D eigenvalue weighted by atomic mass is 16.6. The van der Waals surface area contributed by atoms with Crippen LogP contribution in [0, 0.1) is 0 Å². The second-order valence-corrected chi connectivity index (χ2v) is 2.50. The van der Waals surface area contributed by atoms with Crippen LogP contribution in [-0.4, -0.2) is 16.3 Å². The summed E-state index contributed by atoms with van der Waals surface area (Å²) in [6.07, 6.45) is -0.864. The van der Waals surface area contributed by atoms with Crippen molar-refractivity contribution in [2.45, 2.75) is 0 Å². The summed E-state index contributed by atoms with van der Waals surface area (Å²) in [4.78, 5) is 10.5. The molecule has 0 bridgehead atoms. The fourth-order valence-corrected chi connectivity index (χ4v) is 1.11. The highest BCUT2D eigenvalue weighted by molar-refractivity contribution is 5.85. The van der Waals surface area contributed by atoms with Gasteiger partial charge in [-0.05, 0) is 12.1 Å². The fraction of sp³-hybridized carbons (Fsp3) is 0. The first-order chi connectivity index (χ1) is 6.27. The van der Waals surface area contributed by atoms with Gasteiger partial charge < -0.3 is 10.5 Å². The number of ether oxygens (including phenoxy) is 1. The molecule has 0 spiro atoms. The van der Waals surface area contributed by atoms with E-state index in [9.17, 15) is 4.79 Å². The number of H-pyrrole nitrogens is 1. The lowest BCUT2D eigenvalue weighted by Gasteiger charge is -1.94. The molecule has 2 rings (SSSR count). The Morgan fingerprint density at radius 1 is 1.46 bits per heavy atom. The topological polar surface area (TPSA) is 81.0 Å². The number of aromatic amines is 1. The fourth-order valence-electron chi connectivity index (χ4n) is 1.11. The summed E-state index contributed by atoms with van der Waals surface area (Å²) in [5.74, 6) is 0.211. The largest absolute Gasteiger partial charge is 0.411 e. The summed E-state index contributed by atoms with van der Waals surface area (Å²) >= 11 is 0. The summed E-state index contributed by atoms with van der Waals surface area (Å²) in [6, 6.07) is 7.30. The highest BCUT2D eigenvalue weighted by Crippen LogP contribution is 2.21. The third kappa shape index (κ3) is 1.31. The third-order valence-electron chi connectivity index (χ3n) is 1.63. The van der Waals surface area contributed by atoms with E-state index in [1.165, 1.54) is 0 Å². The number of hydrogen-bond donors (Lipinski definition) is 2. The van der Waals surface area contributed by atoms with Crippen molar-refractivity contribution in [1.82, 2.24) is 10.2 Å². The van der Waals surface area contributed by atoms with Crippen LogP contribution in [0.1, 0.15) is 0 Å². The number of carbonyl (C=O) groups excluding carboxylic acids is 1. The molecular weight excluding hydrogens is 170 g/mol. The molecule has 0 fully saturated rings. The number of para-hydroxylation sites is 1. The molecule has 5 heteroatoms. The molecule has 0 saturated carbocycles. The molecule has 1 heterocycles. The van der Waals surface area contributed by atoms with Gasteiger partial charge in [-0.1, -0.05) is 12.1 Å². The van der Waals surface area contributed by atoms with E-state index in [4.69, 9.17) is 5.73 Å². The van der Waals surface area contributed by atoms with Crippen LogP contribution >= 0.6 is 0 Å². The number of fused-ring (bicyclic) bond motifs is 1. The Hall–Kier alpha value is -2.04. The molecule has 13 heavy (non-hydrogen) atoms. The minimum atomic E-state index is -0.864. The lowest BCUT2D eigenvalue weighted by Crippen LogP contribution is -2.16. The Balaban J connectivity index is 2.51. The molecule has 2 aromatic rings. The van der Waals surface area contributed by atoms with Crippen molar-refractivity contribution in [3.05, 3.63) is 24.3 Å². The van der Waals surface area contributed by atoms with E-state index in [0.29, 0.717) is 0 Å². The molecule has 0 aliphatic heterocycles. The number of carbonyl (C=O) groups is 1. The van der Waals surface area contributed by atoms with Gasteiger partial charge >= 0.3 is 6.09 Å². The minimum Gasteiger partial charge on any atom is -0.389 e.